The number of aliphatic hydroxyl groups excluding tert-OH is 4. The molecule has 2 fully saturated rings. The number of unbranched alkanes of at least 4 members (excludes halogenated alkanes) is 1. The molecule has 0 unspecified atom stereocenters. The SMILES string of the molecule is C[C@@H](CCO)[C@H](O)[C@H](O)C[C@@H]1CCC[C@]2(CCC[C@@H](CCCCO)O2)O1. The van der Waals surface area contributed by atoms with Crippen molar-refractivity contribution in [2.24, 2.45) is 5.92 Å². The molecule has 2 rings (SSSR count). The summed E-state index contributed by atoms with van der Waals surface area (Å²) in [5.74, 6) is -0.679. The van der Waals surface area contributed by atoms with Crippen LogP contribution in [0.1, 0.15) is 77.6 Å². The molecule has 154 valence electrons. The van der Waals surface area contributed by atoms with E-state index in [-0.39, 0.29) is 31.3 Å². The van der Waals surface area contributed by atoms with Gasteiger partial charge in [-0.1, -0.05) is 6.92 Å². The van der Waals surface area contributed by atoms with Gasteiger partial charge in [-0.05, 0) is 57.3 Å². The summed E-state index contributed by atoms with van der Waals surface area (Å²) in [6.45, 7) is 2.08. The third-order valence-electron chi connectivity index (χ3n) is 5.93. The molecule has 2 heterocycles. The van der Waals surface area contributed by atoms with Crippen molar-refractivity contribution in [2.75, 3.05) is 13.2 Å². The predicted molar refractivity (Wildman–Crippen MR) is 98.6 cm³/mol. The highest BCUT2D eigenvalue weighted by molar-refractivity contribution is 4.86. The molecule has 6 atom stereocenters. The van der Waals surface area contributed by atoms with E-state index in [9.17, 15) is 10.2 Å². The monoisotopic (exact) mass is 374 g/mol. The van der Waals surface area contributed by atoms with Gasteiger partial charge in [0.2, 0.25) is 0 Å². The number of ether oxygens (including phenoxy) is 2. The summed E-state index contributed by atoms with van der Waals surface area (Å²) in [5.41, 5.74) is 0. The fourth-order valence-electron chi connectivity index (χ4n) is 4.33. The van der Waals surface area contributed by atoms with Crippen LogP contribution in [0.2, 0.25) is 0 Å². The van der Waals surface area contributed by atoms with Crippen molar-refractivity contribution >= 4 is 0 Å². The zero-order chi connectivity index (χ0) is 19.0. The van der Waals surface area contributed by atoms with Crippen molar-refractivity contribution in [2.45, 2.75) is 108 Å². The Balaban J connectivity index is 1.85. The lowest BCUT2D eigenvalue weighted by atomic mass is 9.88. The van der Waals surface area contributed by atoms with E-state index in [0.717, 1.165) is 57.8 Å². The van der Waals surface area contributed by atoms with E-state index in [0.29, 0.717) is 12.8 Å². The van der Waals surface area contributed by atoms with Crippen LogP contribution in [0.15, 0.2) is 0 Å². The third-order valence-corrected chi connectivity index (χ3v) is 5.93. The highest BCUT2D eigenvalue weighted by atomic mass is 16.7. The Morgan fingerprint density at radius 2 is 1.62 bits per heavy atom. The summed E-state index contributed by atoms with van der Waals surface area (Å²) < 4.78 is 12.7. The van der Waals surface area contributed by atoms with Crippen molar-refractivity contribution < 1.29 is 29.9 Å². The van der Waals surface area contributed by atoms with Crippen LogP contribution in [0.25, 0.3) is 0 Å². The maximum atomic E-state index is 10.4. The average Bonchev–Trinajstić information content (AvgIpc) is 2.61. The molecule has 2 saturated heterocycles. The summed E-state index contributed by atoms with van der Waals surface area (Å²) in [6, 6.07) is 0. The van der Waals surface area contributed by atoms with Crippen molar-refractivity contribution in [3.63, 3.8) is 0 Å². The molecule has 0 bridgehead atoms. The van der Waals surface area contributed by atoms with E-state index in [1.54, 1.807) is 0 Å². The first-order chi connectivity index (χ1) is 12.5. The molecule has 0 aromatic rings. The van der Waals surface area contributed by atoms with Crippen LogP contribution in [-0.2, 0) is 9.47 Å². The molecule has 0 amide bonds. The standard InChI is InChI=1S/C20H38O6/c1-15(9-13-22)19(24)18(23)14-17-8-5-11-20(26-17)10-4-7-16(25-20)6-2-3-12-21/h15-19,21-24H,2-14H2,1H3/t15-,16+,17-,18+,19-,20-/m0/s1. The van der Waals surface area contributed by atoms with E-state index in [4.69, 9.17) is 19.7 Å². The molecule has 26 heavy (non-hydrogen) atoms. The molecule has 0 radical (unpaired) electrons. The van der Waals surface area contributed by atoms with Crippen LogP contribution < -0.4 is 0 Å². The van der Waals surface area contributed by atoms with Gasteiger partial charge < -0.3 is 29.9 Å². The molecule has 2 aliphatic rings. The van der Waals surface area contributed by atoms with E-state index < -0.39 is 18.0 Å². The highest BCUT2D eigenvalue weighted by Gasteiger charge is 2.43. The summed E-state index contributed by atoms with van der Waals surface area (Å²) in [5, 5.41) is 38.6. The zero-order valence-corrected chi connectivity index (χ0v) is 16.2. The van der Waals surface area contributed by atoms with Gasteiger partial charge in [-0.25, -0.2) is 0 Å². The molecule has 0 aliphatic carbocycles. The van der Waals surface area contributed by atoms with Crippen LogP contribution in [-0.4, -0.2) is 63.8 Å². The van der Waals surface area contributed by atoms with Gasteiger partial charge in [-0.15, -0.1) is 0 Å². The zero-order valence-electron chi connectivity index (χ0n) is 16.2. The minimum atomic E-state index is -0.847. The molecule has 2 aliphatic heterocycles. The molecule has 0 saturated carbocycles. The second-order valence-corrected chi connectivity index (χ2v) is 8.18. The van der Waals surface area contributed by atoms with Crippen LogP contribution >= 0.6 is 0 Å². The quantitative estimate of drug-likeness (QED) is 0.437. The molecule has 1 spiro atoms. The second kappa shape index (κ2) is 10.9. The van der Waals surface area contributed by atoms with E-state index in [1.165, 1.54) is 0 Å². The molecular formula is C20H38O6. The maximum absolute atomic E-state index is 10.4. The van der Waals surface area contributed by atoms with Crippen molar-refractivity contribution in [1.82, 2.24) is 0 Å². The molecule has 0 aromatic heterocycles. The minimum absolute atomic E-state index is 0.0134. The lowest BCUT2D eigenvalue weighted by molar-refractivity contribution is -0.318. The Kier molecular flexibility index (Phi) is 9.27. The molecular weight excluding hydrogens is 336 g/mol. The summed E-state index contributed by atoms with van der Waals surface area (Å²) in [6.07, 6.45) is 7.78. The number of rotatable bonds is 10. The van der Waals surface area contributed by atoms with Gasteiger partial charge in [0.1, 0.15) is 0 Å². The second-order valence-electron chi connectivity index (χ2n) is 8.18. The first-order valence-electron chi connectivity index (χ1n) is 10.4. The Hall–Kier alpha value is -0.240. The third kappa shape index (κ3) is 6.43. The van der Waals surface area contributed by atoms with Crippen molar-refractivity contribution in [1.29, 1.82) is 0 Å². The van der Waals surface area contributed by atoms with Crippen molar-refractivity contribution in [3.05, 3.63) is 0 Å². The van der Waals surface area contributed by atoms with Gasteiger partial charge in [0.15, 0.2) is 5.79 Å². The van der Waals surface area contributed by atoms with Gasteiger partial charge in [0.25, 0.3) is 0 Å². The fourth-order valence-corrected chi connectivity index (χ4v) is 4.33. The highest BCUT2D eigenvalue weighted by Crippen LogP contribution is 2.41. The van der Waals surface area contributed by atoms with Gasteiger partial charge in [0, 0.05) is 32.5 Å². The Morgan fingerprint density at radius 1 is 0.962 bits per heavy atom. The van der Waals surface area contributed by atoms with E-state index in [2.05, 4.69) is 0 Å². The lowest BCUT2D eigenvalue weighted by Crippen LogP contribution is -2.49. The predicted octanol–water partition coefficient (Wildman–Crippen LogP) is 2.11. The molecule has 6 nitrogen and oxygen atoms in total. The normalized spacial score (nSPS) is 33.1. The van der Waals surface area contributed by atoms with Crippen LogP contribution in [0.4, 0.5) is 0 Å². The van der Waals surface area contributed by atoms with Gasteiger partial charge in [-0.3, -0.25) is 0 Å². The maximum Gasteiger partial charge on any atom is 0.169 e. The molecule has 6 heteroatoms. The van der Waals surface area contributed by atoms with E-state index >= 15 is 0 Å². The topological polar surface area (TPSA) is 99.4 Å². The first kappa shape index (κ1) is 22.1. The summed E-state index contributed by atoms with van der Waals surface area (Å²) in [7, 11) is 0. The number of aliphatic hydroxyl groups is 4. The van der Waals surface area contributed by atoms with Gasteiger partial charge in [0.05, 0.1) is 24.4 Å². The average molecular weight is 375 g/mol. The Bertz CT molecular complexity index is 388. The Morgan fingerprint density at radius 3 is 2.27 bits per heavy atom. The minimum Gasteiger partial charge on any atom is -0.396 e. The Labute approximate surface area is 157 Å². The lowest BCUT2D eigenvalue weighted by Gasteiger charge is -2.46. The van der Waals surface area contributed by atoms with E-state index in [1.807, 2.05) is 6.92 Å². The van der Waals surface area contributed by atoms with Crippen LogP contribution in [0.3, 0.4) is 0 Å². The molecule has 0 aromatic carbocycles. The van der Waals surface area contributed by atoms with Crippen LogP contribution in [0.5, 0.6) is 0 Å². The molecule has 4 N–H and O–H groups in total. The number of hydrogen-bond acceptors (Lipinski definition) is 6. The van der Waals surface area contributed by atoms with Gasteiger partial charge in [-0.2, -0.15) is 0 Å². The largest absolute Gasteiger partial charge is 0.396 e. The van der Waals surface area contributed by atoms with Gasteiger partial charge >= 0.3 is 0 Å². The summed E-state index contributed by atoms with van der Waals surface area (Å²) in [4.78, 5) is 0. The first-order valence-corrected chi connectivity index (χ1v) is 10.4. The smallest absolute Gasteiger partial charge is 0.169 e. The fraction of sp³-hybridized carbons (Fsp3) is 1.00. The summed E-state index contributed by atoms with van der Waals surface area (Å²) >= 11 is 0. The van der Waals surface area contributed by atoms with Crippen LogP contribution in [0, 0.1) is 5.92 Å². The number of hydrogen-bond donors (Lipinski definition) is 4. The van der Waals surface area contributed by atoms with Crippen molar-refractivity contribution in [3.8, 4) is 0 Å².